The van der Waals surface area contributed by atoms with Crippen LogP contribution in [0.1, 0.15) is 43.0 Å². The van der Waals surface area contributed by atoms with Crippen LogP contribution in [0.5, 0.6) is 0 Å². The third-order valence-corrected chi connectivity index (χ3v) is 4.27. The minimum absolute atomic E-state index is 0.0144. The fourth-order valence-electron chi connectivity index (χ4n) is 3.07. The Morgan fingerprint density at radius 3 is 2.80 bits per heavy atom. The van der Waals surface area contributed by atoms with Gasteiger partial charge in [0.2, 0.25) is 5.91 Å². The molecule has 1 fully saturated rings. The van der Waals surface area contributed by atoms with Crippen molar-refractivity contribution >= 4 is 23.2 Å². The van der Waals surface area contributed by atoms with E-state index in [1.54, 1.807) is 6.07 Å². The Bertz CT molecular complexity index is 662. The molecule has 1 saturated heterocycles. The number of nitro groups is 1. The van der Waals surface area contributed by atoms with Gasteiger partial charge in [-0.15, -0.1) is 0 Å². The number of carbonyl (C=O) groups is 2. The molecule has 0 radical (unpaired) electrons. The second-order valence-corrected chi connectivity index (χ2v) is 6.14. The highest BCUT2D eigenvalue weighted by molar-refractivity contribution is 6.00. The lowest BCUT2D eigenvalue weighted by atomic mass is 10.0. The van der Waals surface area contributed by atoms with Crippen LogP contribution in [0.2, 0.25) is 0 Å². The zero-order chi connectivity index (χ0) is 18.4. The number of amides is 2. The minimum atomic E-state index is -0.514. The summed E-state index contributed by atoms with van der Waals surface area (Å²) in [5.41, 5.74) is 0.809. The molecule has 0 bridgehead atoms. The van der Waals surface area contributed by atoms with Gasteiger partial charge < -0.3 is 15.5 Å². The van der Waals surface area contributed by atoms with Crippen LogP contribution in [0.15, 0.2) is 18.2 Å². The van der Waals surface area contributed by atoms with Gasteiger partial charge in [-0.25, -0.2) is 0 Å². The molecule has 0 aromatic heterocycles. The summed E-state index contributed by atoms with van der Waals surface area (Å²) in [4.78, 5) is 36.5. The van der Waals surface area contributed by atoms with Gasteiger partial charge in [-0.3, -0.25) is 19.7 Å². The number of nitrogens with one attached hydrogen (secondary N) is 2. The molecular formula is C17H24N4O4. The van der Waals surface area contributed by atoms with E-state index < -0.39 is 4.92 Å². The molecule has 2 amide bonds. The van der Waals surface area contributed by atoms with Crippen molar-refractivity contribution in [3.8, 4) is 0 Å². The third kappa shape index (κ3) is 4.68. The smallest absolute Gasteiger partial charge is 0.270 e. The topological polar surface area (TPSA) is 105 Å². The molecule has 25 heavy (non-hydrogen) atoms. The molecular weight excluding hydrogens is 324 g/mol. The van der Waals surface area contributed by atoms with Crippen molar-refractivity contribution in [2.24, 2.45) is 0 Å². The van der Waals surface area contributed by atoms with Crippen LogP contribution in [0.3, 0.4) is 0 Å². The predicted molar refractivity (Wildman–Crippen MR) is 94.8 cm³/mol. The maximum atomic E-state index is 12.2. The van der Waals surface area contributed by atoms with Crippen LogP contribution in [-0.2, 0) is 4.79 Å². The number of carbonyl (C=O) groups excluding carboxylic acids is 2. The van der Waals surface area contributed by atoms with Gasteiger partial charge in [-0.2, -0.15) is 0 Å². The summed E-state index contributed by atoms with van der Waals surface area (Å²) in [5.74, 6) is -0.333. The van der Waals surface area contributed by atoms with Crippen molar-refractivity contribution in [1.82, 2.24) is 10.6 Å². The highest BCUT2D eigenvalue weighted by Gasteiger charge is 2.25. The molecule has 1 aromatic carbocycles. The number of anilines is 1. The maximum absolute atomic E-state index is 12.2. The van der Waals surface area contributed by atoms with E-state index in [2.05, 4.69) is 10.6 Å². The van der Waals surface area contributed by atoms with Crippen LogP contribution in [-0.4, -0.2) is 42.9 Å². The molecule has 1 aliphatic heterocycles. The lowest BCUT2D eigenvalue weighted by molar-refractivity contribution is -0.384. The molecule has 8 heteroatoms. The van der Waals surface area contributed by atoms with Gasteiger partial charge >= 0.3 is 0 Å². The first kappa shape index (κ1) is 18.7. The average molecular weight is 348 g/mol. The predicted octanol–water partition coefficient (Wildman–Crippen LogP) is 1.84. The SMILES string of the molecule is CCCC(=O)NC1CCCN(c2ccc([N+](=O)[O-])cc2C(=O)NC)C1. The second kappa shape index (κ2) is 8.46. The van der Waals surface area contributed by atoms with Crippen molar-refractivity contribution < 1.29 is 14.5 Å². The molecule has 2 rings (SSSR count). The number of non-ortho nitro benzene ring substituents is 1. The first-order valence-electron chi connectivity index (χ1n) is 8.51. The van der Waals surface area contributed by atoms with E-state index in [1.807, 2.05) is 11.8 Å². The van der Waals surface area contributed by atoms with Crippen LogP contribution in [0.25, 0.3) is 0 Å². The van der Waals surface area contributed by atoms with E-state index in [4.69, 9.17) is 0 Å². The van der Waals surface area contributed by atoms with Gasteiger partial charge in [0, 0.05) is 44.7 Å². The molecule has 0 saturated carbocycles. The Labute approximate surface area is 146 Å². The number of nitrogens with zero attached hydrogens (tertiary/aromatic N) is 2. The van der Waals surface area contributed by atoms with E-state index >= 15 is 0 Å². The van der Waals surface area contributed by atoms with Crippen LogP contribution < -0.4 is 15.5 Å². The van der Waals surface area contributed by atoms with E-state index in [1.165, 1.54) is 19.2 Å². The van der Waals surface area contributed by atoms with Gasteiger partial charge in [-0.1, -0.05) is 6.92 Å². The lowest BCUT2D eigenvalue weighted by Gasteiger charge is -2.35. The van der Waals surface area contributed by atoms with Crippen LogP contribution in [0, 0.1) is 10.1 Å². The number of rotatable bonds is 6. The summed E-state index contributed by atoms with van der Waals surface area (Å²) >= 11 is 0. The average Bonchev–Trinajstić information content (AvgIpc) is 2.60. The molecule has 1 unspecified atom stereocenters. The van der Waals surface area contributed by atoms with Gasteiger partial charge in [0.1, 0.15) is 0 Å². The fraction of sp³-hybridized carbons (Fsp3) is 0.529. The van der Waals surface area contributed by atoms with Crippen LogP contribution >= 0.6 is 0 Å². The fourth-order valence-corrected chi connectivity index (χ4v) is 3.07. The number of nitro benzene ring substituents is 1. The lowest BCUT2D eigenvalue weighted by Crippen LogP contribution is -2.48. The molecule has 1 heterocycles. The molecule has 1 aromatic rings. The highest BCUT2D eigenvalue weighted by Crippen LogP contribution is 2.28. The summed E-state index contributed by atoms with van der Waals surface area (Å²) in [6.07, 6.45) is 3.05. The van der Waals surface area contributed by atoms with Crippen molar-refractivity contribution in [1.29, 1.82) is 0 Å². The summed E-state index contributed by atoms with van der Waals surface area (Å²) in [6, 6.07) is 4.33. The van der Waals surface area contributed by atoms with Gasteiger partial charge in [0.15, 0.2) is 0 Å². The third-order valence-electron chi connectivity index (χ3n) is 4.27. The maximum Gasteiger partial charge on any atom is 0.270 e. The molecule has 2 N–H and O–H groups in total. The van der Waals surface area contributed by atoms with E-state index in [-0.39, 0.29) is 29.1 Å². The molecule has 0 spiro atoms. The quantitative estimate of drug-likeness (QED) is 0.603. The highest BCUT2D eigenvalue weighted by atomic mass is 16.6. The first-order valence-corrected chi connectivity index (χ1v) is 8.51. The first-order chi connectivity index (χ1) is 12.0. The van der Waals surface area contributed by atoms with E-state index in [9.17, 15) is 19.7 Å². The van der Waals surface area contributed by atoms with Crippen molar-refractivity contribution in [2.45, 2.75) is 38.6 Å². The summed E-state index contributed by atoms with van der Waals surface area (Å²) in [6.45, 7) is 3.28. The summed E-state index contributed by atoms with van der Waals surface area (Å²) < 4.78 is 0. The largest absolute Gasteiger partial charge is 0.369 e. The summed E-state index contributed by atoms with van der Waals surface area (Å²) in [7, 11) is 1.49. The number of benzene rings is 1. The molecule has 1 atom stereocenters. The second-order valence-electron chi connectivity index (χ2n) is 6.14. The Morgan fingerprint density at radius 1 is 1.40 bits per heavy atom. The van der Waals surface area contributed by atoms with Crippen LogP contribution in [0.4, 0.5) is 11.4 Å². The van der Waals surface area contributed by atoms with Crippen molar-refractivity contribution in [3.05, 3.63) is 33.9 Å². The minimum Gasteiger partial charge on any atom is -0.369 e. The Morgan fingerprint density at radius 2 is 2.16 bits per heavy atom. The zero-order valence-electron chi connectivity index (χ0n) is 14.6. The normalized spacial score (nSPS) is 17.0. The number of piperidine rings is 1. The molecule has 8 nitrogen and oxygen atoms in total. The monoisotopic (exact) mass is 348 g/mol. The molecule has 0 aliphatic carbocycles. The van der Waals surface area contributed by atoms with Gasteiger partial charge in [0.05, 0.1) is 16.2 Å². The number of hydrogen-bond donors (Lipinski definition) is 2. The standard InChI is InChI=1S/C17H24N4O4/c1-3-5-16(22)19-12-6-4-9-20(11-12)15-8-7-13(21(24)25)10-14(15)17(23)18-2/h7-8,10,12H,3-6,9,11H2,1-2H3,(H,18,23)(H,19,22). The Balaban J connectivity index is 2.22. The van der Waals surface area contributed by atoms with Gasteiger partial charge in [-0.05, 0) is 25.3 Å². The van der Waals surface area contributed by atoms with Crippen molar-refractivity contribution in [3.63, 3.8) is 0 Å². The molecule has 1 aliphatic rings. The van der Waals surface area contributed by atoms with Crippen molar-refractivity contribution in [2.75, 3.05) is 25.0 Å². The Kier molecular flexibility index (Phi) is 6.32. The zero-order valence-corrected chi connectivity index (χ0v) is 14.6. The number of hydrogen-bond acceptors (Lipinski definition) is 5. The van der Waals surface area contributed by atoms with E-state index in [0.29, 0.717) is 18.7 Å². The molecule has 136 valence electrons. The summed E-state index contributed by atoms with van der Waals surface area (Å²) in [5, 5.41) is 16.6. The van der Waals surface area contributed by atoms with E-state index in [0.717, 1.165) is 25.8 Å². The Hall–Kier alpha value is -2.64. The van der Waals surface area contributed by atoms with Gasteiger partial charge in [0.25, 0.3) is 11.6 Å².